The smallest absolute Gasteiger partial charge is 0.129 e. The molecular formula is C13H14ClFN2S. The van der Waals surface area contributed by atoms with Crippen molar-refractivity contribution in [3.8, 4) is 0 Å². The molecule has 96 valence electrons. The molecule has 1 atom stereocenters. The maximum atomic E-state index is 14.0. The van der Waals surface area contributed by atoms with E-state index >= 15 is 0 Å². The molecule has 1 unspecified atom stereocenters. The molecule has 18 heavy (non-hydrogen) atoms. The number of nitrogens with one attached hydrogen (secondary N) is 1. The standard InChI is InChI=1S/C13H14ClFN2S/c1-2-5-16-13(12-7-18-8-17-12)10-4-3-9(14)6-11(10)15/h3-4,6-8,13,16H,2,5H2,1H3. The fraction of sp³-hybridized carbons (Fsp3) is 0.308. The fourth-order valence-electron chi connectivity index (χ4n) is 1.76. The van der Waals surface area contributed by atoms with Gasteiger partial charge in [-0.3, -0.25) is 0 Å². The van der Waals surface area contributed by atoms with Crippen LogP contribution in [0.4, 0.5) is 4.39 Å². The predicted octanol–water partition coefficient (Wildman–Crippen LogP) is 4.02. The normalized spacial score (nSPS) is 12.6. The van der Waals surface area contributed by atoms with Crippen molar-refractivity contribution in [1.82, 2.24) is 10.3 Å². The topological polar surface area (TPSA) is 24.9 Å². The average Bonchev–Trinajstić information content (AvgIpc) is 2.85. The van der Waals surface area contributed by atoms with Crippen molar-refractivity contribution in [2.45, 2.75) is 19.4 Å². The number of hydrogen-bond acceptors (Lipinski definition) is 3. The lowest BCUT2D eigenvalue weighted by atomic mass is 10.0. The van der Waals surface area contributed by atoms with Gasteiger partial charge in [0.1, 0.15) is 5.82 Å². The Labute approximate surface area is 115 Å². The van der Waals surface area contributed by atoms with Gasteiger partial charge in [0.25, 0.3) is 0 Å². The Balaban J connectivity index is 2.33. The zero-order valence-electron chi connectivity index (χ0n) is 9.99. The van der Waals surface area contributed by atoms with Crippen molar-refractivity contribution in [3.05, 3.63) is 51.2 Å². The van der Waals surface area contributed by atoms with Crippen LogP contribution in [-0.4, -0.2) is 11.5 Å². The molecular weight excluding hydrogens is 271 g/mol. The molecule has 0 bridgehead atoms. The lowest BCUT2D eigenvalue weighted by molar-refractivity contribution is 0.541. The van der Waals surface area contributed by atoms with Crippen LogP contribution in [0.2, 0.25) is 5.02 Å². The maximum absolute atomic E-state index is 14.0. The molecule has 2 rings (SSSR count). The first-order valence-electron chi connectivity index (χ1n) is 5.78. The molecule has 1 aromatic carbocycles. The highest BCUT2D eigenvalue weighted by atomic mass is 35.5. The molecule has 2 nitrogen and oxygen atoms in total. The number of rotatable bonds is 5. The van der Waals surface area contributed by atoms with E-state index < -0.39 is 0 Å². The predicted molar refractivity (Wildman–Crippen MR) is 73.7 cm³/mol. The van der Waals surface area contributed by atoms with Crippen LogP contribution < -0.4 is 5.32 Å². The molecule has 1 N–H and O–H groups in total. The molecule has 0 aliphatic heterocycles. The molecule has 0 fully saturated rings. The minimum Gasteiger partial charge on any atom is -0.305 e. The van der Waals surface area contributed by atoms with Gasteiger partial charge in [-0.25, -0.2) is 9.37 Å². The van der Waals surface area contributed by atoms with E-state index in [0.717, 1.165) is 18.7 Å². The van der Waals surface area contributed by atoms with Gasteiger partial charge in [-0.1, -0.05) is 24.6 Å². The highest BCUT2D eigenvalue weighted by Gasteiger charge is 2.19. The van der Waals surface area contributed by atoms with Crippen LogP contribution in [0.5, 0.6) is 0 Å². The number of benzene rings is 1. The van der Waals surface area contributed by atoms with Crippen molar-refractivity contribution in [2.75, 3.05) is 6.54 Å². The van der Waals surface area contributed by atoms with E-state index in [1.54, 1.807) is 17.6 Å². The summed E-state index contributed by atoms with van der Waals surface area (Å²) in [6.45, 7) is 2.88. The summed E-state index contributed by atoms with van der Waals surface area (Å²) in [6, 6.07) is 4.54. The second-order valence-corrected chi connectivity index (χ2v) is 5.12. The first kappa shape index (κ1) is 13.5. The van der Waals surface area contributed by atoms with E-state index in [4.69, 9.17) is 11.6 Å². The minimum absolute atomic E-state index is 0.214. The van der Waals surface area contributed by atoms with Gasteiger partial charge in [-0.15, -0.1) is 11.3 Å². The molecule has 0 aliphatic carbocycles. The van der Waals surface area contributed by atoms with E-state index in [2.05, 4.69) is 17.2 Å². The van der Waals surface area contributed by atoms with Crippen molar-refractivity contribution < 1.29 is 4.39 Å². The van der Waals surface area contributed by atoms with Crippen LogP contribution in [0.15, 0.2) is 29.1 Å². The zero-order chi connectivity index (χ0) is 13.0. The van der Waals surface area contributed by atoms with E-state index in [0.29, 0.717) is 10.6 Å². The molecule has 0 saturated heterocycles. The van der Waals surface area contributed by atoms with Gasteiger partial charge < -0.3 is 5.32 Å². The summed E-state index contributed by atoms with van der Waals surface area (Å²) < 4.78 is 14.0. The summed E-state index contributed by atoms with van der Waals surface area (Å²) in [4.78, 5) is 4.27. The van der Waals surface area contributed by atoms with Gasteiger partial charge in [-0.2, -0.15) is 0 Å². The average molecular weight is 285 g/mol. The number of thiazole rings is 1. The second-order valence-electron chi connectivity index (χ2n) is 3.97. The van der Waals surface area contributed by atoms with Crippen LogP contribution >= 0.6 is 22.9 Å². The lowest BCUT2D eigenvalue weighted by Gasteiger charge is -2.17. The Morgan fingerprint density at radius 1 is 1.50 bits per heavy atom. The van der Waals surface area contributed by atoms with Gasteiger partial charge in [0, 0.05) is 16.0 Å². The van der Waals surface area contributed by atoms with Gasteiger partial charge in [-0.05, 0) is 25.1 Å². The second kappa shape index (κ2) is 6.27. The lowest BCUT2D eigenvalue weighted by Crippen LogP contribution is -2.24. The van der Waals surface area contributed by atoms with Gasteiger partial charge in [0.15, 0.2) is 0 Å². The molecule has 1 heterocycles. The largest absolute Gasteiger partial charge is 0.305 e. The van der Waals surface area contributed by atoms with Crippen molar-refractivity contribution in [1.29, 1.82) is 0 Å². The van der Waals surface area contributed by atoms with Crippen molar-refractivity contribution in [2.24, 2.45) is 0 Å². The first-order valence-corrected chi connectivity index (χ1v) is 7.11. The van der Waals surface area contributed by atoms with Crippen molar-refractivity contribution >= 4 is 22.9 Å². The number of aromatic nitrogens is 1. The Morgan fingerprint density at radius 2 is 2.33 bits per heavy atom. The van der Waals surface area contributed by atoms with E-state index in [1.807, 2.05) is 5.38 Å². The Bertz CT molecular complexity index is 502. The molecule has 0 aliphatic rings. The van der Waals surface area contributed by atoms with Crippen LogP contribution in [-0.2, 0) is 0 Å². The minimum atomic E-state index is -0.302. The summed E-state index contributed by atoms with van der Waals surface area (Å²) in [5, 5.41) is 5.65. The fourth-order valence-corrected chi connectivity index (χ4v) is 2.50. The Morgan fingerprint density at radius 3 is 2.94 bits per heavy atom. The van der Waals surface area contributed by atoms with Gasteiger partial charge in [0.05, 0.1) is 17.2 Å². The third-order valence-corrected chi connectivity index (χ3v) is 3.46. The monoisotopic (exact) mass is 284 g/mol. The molecule has 5 heteroatoms. The van der Waals surface area contributed by atoms with E-state index in [9.17, 15) is 4.39 Å². The molecule has 0 amide bonds. The number of halogens is 2. The summed E-state index contributed by atoms with van der Waals surface area (Å²) in [7, 11) is 0. The molecule has 2 aromatic rings. The van der Waals surface area contributed by atoms with Crippen LogP contribution in [0.1, 0.15) is 30.6 Å². The molecule has 0 spiro atoms. The van der Waals surface area contributed by atoms with Crippen molar-refractivity contribution in [3.63, 3.8) is 0 Å². The van der Waals surface area contributed by atoms with Crippen LogP contribution in [0.25, 0.3) is 0 Å². The zero-order valence-corrected chi connectivity index (χ0v) is 11.6. The van der Waals surface area contributed by atoms with E-state index in [-0.39, 0.29) is 11.9 Å². The summed E-state index contributed by atoms with van der Waals surface area (Å²) in [6.07, 6.45) is 0.982. The Kier molecular flexibility index (Phi) is 4.69. The SMILES string of the molecule is CCCNC(c1cscn1)c1ccc(Cl)cc1F. The maximum Gasteiger partial charge on any atom is 0.129 e. The van der Waals surface area contributed by atoms with Crippen LogP contribution in [0, 0.1) is 5.82 Å². The molecule has 0 saturated carbocycles. The van der Waals surface area contributed by atoms with Crippen LogP contribution in [0.3, 0.4) is 0 Å². The summed E-state index contributed by atoms with van der Waals surface area (Å²) in [5.74, 6) is -0.302. The number of nitrogens with zero attached hydrogens (tertiary/aromatic N) is 1. The third-order valence-electron chi connectivity index (χ3n) is 2.62. The highest BCUT2D eigenvalue weighted by Crippen LogP contribution is 2.26. The first-order chi connectivity index (χ1) is 8.72. The quantitative estimate of drug-likeness (QED) is 0.897. The van der Waals surface area contributed by atoms with Gasteiger partial charge >= 0.3 is 0 Å². The third kappa shape index (κ3) is 3.07. The highest BCUT2D eigenvalue weighted by molar-refractivity contribution is 7.07. The summed E-state index contributed by atoms with van der Waals surface area (Å²) in [5.41, 5.74) is 3.18. The van der Waals surface area contributed by atoms with Gasteiger partial charge in [0.2, 0.25) is 0 Å². The Hall–Kier alpha value is -0.970. The molecule has 1 aromatic heterocycles. The summed E-state index contributed by atoms with van der Waals surface area (Å²) >= 11 is 7.28. The van der Waals surface area contributed by atoms with E-state index in [1.165, 1.54) is 17.4 Å². The molecule has 0 radical (unpaired) electrons. The number of hydrogen-bond donors (Lipinski definition) is 1.